The zero-order valence-corrected chi connectivity index (χ0v) is 12.0. The molecular weight excluding hydrogens is 280 g/mol. The molecule has 0 saturated carbocycles. The molecule has 2 heterocycles. The molecule has 0 aliphatic carbocycles. The molecule has 0 aliphatic heterocycles. The minimum Gasteiger partial charge on any atom is -0.496 e. The van der Waals surface area contributed by atoms with E-state index in [0.29, 0.717) is 5.15 Å². The molecule has 0 fully saturated rings. The van der Waals surface area contributed by atoms with Gasteiger partial charge in [0.2, 0.25) is 0 Å². The SMILES string of the molecule is COc1ccccc1-c1c(C)sc2c(Cl)ncnc12. The molecule has 1 aromatic carbocycles. The Hall–Kier alpha value is -1.65. The number of aromatic nitrogens is 2. The smallest absolute Gasteiger partial charge is 0.150 e. The average molecular weight is 291 g/mol. The number of rotatable bonds is 2. The molecule has 0 aliphatic rings. The second-order valence-corrected chi connectivity index (χ2v) is 5.66. The van der Waals surface area contributed by atoms with Crippen LogP contribution < -0.4 is 4.74 Å². The zero-order valence-electron chi connectivity index (χ0n) is 10.5. The van der Waals surface area contributed by atoms with E-state index in [-0.39, 0.29) is 0 Å². The van der Waals surface area contributed by atoms with Crippen molar-refractivity contribution in [3.63, 3.8) is 0 Å². The summed E-state index contributed by atoms with van der Waals surface area (Å²) in [5.41, 5.74) is 2.98. The van der Waals surface area contributed by atoms with Crippen molar-refractivity contribution in [3.8, 4) is 16.9 Å². The Kier molecular flexibility index (Phi) is 3.12. The quantitative estimate of drug-likeness (QED) is 0.659. The maximum absolute atomic E-state index is 6.13. The second-order valence-electron chi connectivity index (χ2n) is 4.08. The van der Waals surface area contributed by atoms with E-state index in [2.05, 4.69) is 16.9 Å². The molecule has 19 heavy (non-hydrogen) atoms. The van der Waals surface area contributed by atoms with Crippen LogP contribution in [0.15, 0.2) is 30.6 Å². The van der Waals surface area contributed by atoms with Gasteiger partial charge in [0, 0.05) is 16.0 Å². The van der Waals surface area contributed by atoms with Crippen molar-refractivity contribution >= 4 is 33.2 Å². The summed E-state index contributed by atoms with van der Waals surface area (Å²) in [6.45, 7) is 2.06. The fourth-order valence-electron chi connectivity index (χ4n) is 2.16. The van der Waals surface area contributed by atoms with E-state index in [1.165, 1.54) is 6.33 Å². The average Bonchev–Trinajstić information content (AvgIpc) is 2.76. The Balaban J connectivity index is 2.37. The fraction of sp³-hybridized carbons (Fsp3) is 0.143. The molecule has 0 bridgehead atoms. The van der Waals surface area contributed by atoms with Crippen LogP contribution in [0.4, 0.5) is 0 Å². The first-order chi connectivity index (χ1) is 9.22. The molecule has 3 nitrogen and oxygen atoms in total. The first-order valence-electron chi connectivity index (χ1n) is 5.75. The summed E-state index contributed by atoms with van der Waals surface area (Å²) in [6, 6.07) is 7.92. The monoisotopic (exact) mass is 290 g/mol. The predicted molar refractivity (Wildman–Crippen MR) is 79.2 cm³/mol. The van der Waals surface area contributed by atoms with E-state index < -0.39 is 0 Å². The van der Waals surface area contributed by atoms with Crippen molar-refractivity contribution in [3.05, 3.63) is 40.6 Å². The third-order valence-electron chi connectivity index (χ3n) is 2.98. The number of thiophene rings is 1. The van der Waals surface area contributed by atoms with Gasteiger partial charge in [0.1, 0.15) is 17.2 Å². The lowest BCUT2D eigenvalue weighted by Crippen LogP contribution is -1.89. The normalized spacial score (nSPS) is 10.9. The van der Waals surface area contributed by atoms with Gasteiger partial charge in [0.15, 0.2) is 0 Å². The van der Waals surface area contributed by atoms with Crippen LogP contribution in [0.2, 0.25) is 5.15 Å². The maximum Gasteiger partial charge on any atom is 0.150 e. The standard InChI is InChI=1S/C14H11ClN2OS/c1-8-11(9-5-3-4-6-10(9)18-2)12-13(19-8)14(15)17-7-16-12/h3-7H,1-2H3. The highest BCUT2D eigenvalue weighted by molar-refractivity contribution is 7.20. The molecule has 0 radical (unpaired) electrons. The number of hydrogen-bond acceptors (Lipinski definition) is 4. The van der Waals surface area contributed by atoms with Gasteiger partial charge < -0.3 is 4.74 Å². The third kappa shape index (κ3) is 1.97. The van der Waals surface area contributed by atoms with Gasteiger partial charge in [-0.25, -0.2) is 9.97 Å². The summed E-state index contributed by atoms with van der Waals surface area (Å²) in [6.07, 6.45) is 1.50. The van der Waals surface area contributed by atoms with Crippen LogP contribution in [0, 0.1) is 6.92 Å². The largest absolute Gasteiger partial charge is 0.496 e. The first-order valence-corrected chi connectivity index (χ1v) is 6.95. The molecular formula is C14H11ClN2OS. The minimum absolute atomic E-state index is 0.499. The molecule has 96 valence electrons. The van der Waals surface area contributed by atoms with Crippen molar-refractivity contribution in [2.75, 3.05) is 7.11 Å². The van der Waals surface area contributed by atoms with Gasteiger partial charge in [-0.15, -0.1) is 11.3 Å². The fourth-order valence-corrected chi connectivity index (χ4v) is 3.41. The van der Waals surface area contributed by atoms with E-state index in [1.807, 2.05) is 24.3 Å². The lowest BCUT2D eigenvalue weighted by molar-refractivity contribution is 0.416. The lowest BCUT2D eigenvalue weighted by Gasteiger charge is -2.08. The molecule has 3 rings (SSSR count). The van der Waals surface area contributed by atoms with Gasteiger partial charge in [0.05, 0.1) is 17.3 Å². The van der Waals surface area contributed by atoms with Crippen molar-refractivity contribution in [2.45, 2.75) is 6.92 Å². The van der Waals surface area contributed by atoms with E-state index in [0.717, 1.165) is 32.0 Å². The van der Waals surface area contributed by atoms with Crippen molar-refractivity contribution < 1.29 is 4.74 Å². The molecule has 0 spiro atoms. The molecule has 0 unspecified atom stereocenters. The number of aryl methyl sites for hydroxylation is 1. The third-order valence-corrected chi connectivity index (χ3v) is 4.48. The second kappa shape index (κ2) is 4.79. The van der Waals surface area contributed by atoms with Crippen LogP contribution in [-0.4, -0.2) is 17.1 Å². The Labute approximate surface area is 119 Å². The Morgan fingerprint density at radius 1 is 1.21 bits per heavy atom. The summed E-state index contributed by atoms with van der Waals surface area (Å²) in [5.74, 6) is 0.833. The topological polar surface area (TPSA) is 35.0 Å². The number of benzene rings is 1. The number of ether oxygens (including phenoxy) is 1. The first kappa shape index (κ1) is 12.4. The Morgan fingerprint density at radius 2 is 2.00 bits per heavy atom. The van der Waals surface area contributed by atoms with Gasteiger partial charge >= 0.3 is 0 Å². The number of halogens is 1. The highest BCUT2D eigenvalue weighted by atomic mass is 35.5. The van der Waals surface area contributed by atoms with Crippen molar-refractivity contribution in [1.82, 2.24) is 9.97 Å². The Morgan fingerprint density at radius 3 is 2.79 bits per heavy atom. The number of fused-ring (bicyclic) bond motifs is 1. The summed E-state index contributed by atoms with van der Waals surface area (Å²) in [7, 11) is 1.67. The van der Waals surface area contributed by atoms with E-state index >= 15 is 0 Å². The number of hydrogen-bond donors (Lipinski definition) is 0. The molecule has 0 N–H and O–H groups in total. The number of nitrogens with zero attached hydrogens (tertiary/aromatic N) is 2. The predicted octanol–water partition coefficient (Wildman–Crippen LogP) is 4.33. The van der Waals surface area contributed by atoms with Crippen molar-refractivity contribution in [2.24, 2.45) is 0 Å². The summed E-state index contributed by atoms with van der Waals surface area (Å²) in [4.78, 5) is 9.56. The summed E-state index contributed by atoms with van der Waals surface area (Å²) < 4.78 is 6.35. The van der Waals surface area contributed by atoms with Crippen LogP contribution in [0.25, 0.3) is 21.3 Å². The lowest BCUT2D eigenvalue weighted by atomic mass is 10.0. The van der Waals surface area contributed by atoms with Gasteiger partial charge in [-0.1, -0.05) is 29.8 Å². The van der Waals surface area contributed by atoms with Crippen LogP contribution in [-0.2, 0) is 0 Å². The molecule has 0 atom stereocenters. The Bertz CT molecular complexity index is 754. The minimum atomic E-state index is 0.499. The number of methoxy groups -OCH3 is 1. The molecule has 0 saturated heterocycles. The van der Waals surface area contributed by atoms with Crippen LogP contribution in [0.5, 0.6) is 5.75 Å². The van der Waals surface area contributed by atoms with E-state index in [1.54, 1.807) is 18.4 Å². The highest BCUT2D eigenvalue weighted by Gasteiger charge is 2.17. The molecule has 2 aromatic heterocycles. The van der Waals surface area contributed by atoms with Crippen LogP contribution in [0.1, 0.15) is 4.88 Å². The van der Waals surface area contributed by atoms with Gasteiger partial charge in [0.25, 0.3) is 0 Å². The van der Waals surface area contributed by atoms with Gasteiger partial charge in [-0.05, 0) is 13.0 Å². The summed E-state index contributed by atoms with van der Waals surface area (Å²) >= 11 is 7.74. The van der Waals surface area contributed by atoms with Gasteiger partial charge in [-0.3, -0.25) is 0 Å². The highest BCUT2D eigenvalue weighted by Crippen LogP contribution is 2.42. The number of para-hydroxylation sites is 1. The van der Waals surface area contributed by atoms with Crippen LogP contribution >= 0.6 is 22.9 Å². The molecule has 3 aromatic rings. The molecule has 5 heteroatoms. The zero-order chi connectivity index (χ0) is 13.4. The summed E-state index contributed by atoms with van der Waals surface area (Å²) in [5, 5.41) is 0.499. The van der Waals surface area contributed by atoms with E-state index in [4.69, 9.17) is 16.3 Å². The van der Waals surface area contributed by atoms with E-state index in [9.17, 15) is 0 Å². The van der Waals surface area contributed by atoms with Crippen molar-refractivity contribution in [1.29, 1.82) is 0 Å². The van der Waals surface area contributed by atoms with Gasteiger partial charge in [-0.2, -0.15) is 0 Å². The molecule has 0 amide bonds. The van der Waals surface area contributed by atoms with Crippen LogP contribution in [0.3, 0.4) is 0 Å². The maximum atomic E-state index is 6.13.